The zero-order valence-electron chi connectivity index (χ0n) is 10.5. The second kappa shape index (κ2) is 7.66. The van der Waals surface area contributed by atoms with Gasteiger partial charge in [0, 0.05) is 0 Å². The monoisotopic (exact) mass is 228 g/mol. The van der Waals surface area contributed by atoms with Crippen molar-refractivity contribution in [2.45, 2.75) is 58.5 Å². The van der Waals surface area contributed by atoms with Crippen LogP contribution in [0.1, 0.15) is 52.4 Å². The van der Waals surface area contributed by atoms with Crippen molar-refractivity contribution in [2.75, 3.05) is 13.2 Å². The third-order valence-electron chi connectivity index (χ3n) is 3.31. The molecular formula is C13H24O3. The highest BCUT2D eigenvalue weighted by atomic mass is 16.5. The van der Waals surface area contributed by atoms with Gasteiger partial charge < -0.3 is 9.47 Å². The van der Waals surface area contributed by atoms with E-state index in [1.807, 2.05) is 6.92 Å². The van der Waals surface area contributed by atoms with Crippen LogP contribution in [0.4, 0.5) is 0 Å². The molecule has 3 heteroatoms. The fourth-order valence-corrected chi connectivity index (χ4v) is 2.39. The van der Waals surface area contributed by atoms with E-state index in [2.05, 4.69) is 6.92 Å². The van der Waals surface area contributed by atoms with Gasteiger partial charge in [-0.05, 0) is 25.7 Å². The minimum Gasteiger partial charge on any atom is -0.466 e. The molecule has 2 atom stereocenters. The van der Waals surface area contributed by atoms with Crippen LogP contribution < -0.4 is 0 Å². The highest BCUT2D eigenvalue weighted by Gasteiger charge is 2.24. The summed E-state index contributed by atoms with van der Waals surface area (Å²) in [5.74, 6) is 0.544. The molecule has 0 bridgehead atoms. The lowest BCUT2D eigenvalue weighted by Crippen LogP contribution is -2.28. The van der Waals surface area contributed by atoms with Gasteiger partial charge in [0.2, 0.25) is 0 Å². The van der Waals surface area contributed by atoms with Gasteiger partial charge in [0.25, 0.3) is 0 Å². The van der Waals surface area contributed by atoms with Crippen LogP contribution in [0, 0.1) is 5.92 Å². The first-order chi connectivity index (χ1) is 7.77. The highest BCUT2D eigenvalue weighted by Crippen LogP contribution is 2.29. The summed E-state index contributed by atoms with van der Waals surface area (Å²) in [5.41, 5.74) is 0. The Morgan fingerprint density at radius 3 is 2.69 bits per heavy atom. The Morgan fingerprint density at radius 2 is 2.00 bits per heavy atom. The van der Waals surface area contributed by atoms with E-state index in [-0.39, 0.29) is 5.97 Å². The molecular weight excluding hydrogens is 204 g/mol. The van der Waals surface area contributed by atoms with Crippen molar-refractivity contribution in [2.24, 2.45) is 5.92 Å². The van der Waals surface area contributed by atoms with Crippen LogP contribution in [-0.4, -0.2) is 25.3 Å². The van der Waals surface area contributed by atoms with Crippen molar-refractivity contribution in [3.8, 4) is 0 Å². The van der Waals surface area contributed by atoms with E-state index < -0.39 is 0 Å². The molecule has 0 radical (unpaired) electrons. The van der Waals surface area contributed by atoms with E-state index in [9.17, 15) is 4.79 Å². The Labute approximate surface area is 98.5 Å². The normalized spacial score (nSPS) is 25.4. The Bertz CT molecular complexity index is 203. The van der Waals surface area contributed by atoms with Gasteiger partial charge in [0.1, 0.15) is 0 Å². The summed E-state index contributed by atoms with van der Waals surface area (Å²) in [5, 5.41) is 0. The summed E-state index contributed by atoms with van der Waals surface area (Å²) in [4.78, 5) is 11.1. The Morgan fingerprint density at radius 1 is 1.25 bits per heavy atom. The van der Waals surface area contributed by atoms with E-state index >= 15 is 0 Å². The summed E-state index contributed by atoms with van der Waals surface area (Å²) in [7, 11) is 0. The maximum atomic E-state index is 11.1. The number of hydrogen-bond acceptors (Lipinski definition) is 3. The largest absolute Gasteiger partial charge is 0.466 e. The van der Waals surface area contributed by atoms with E-state index in [0.29, 0.717) is 31.7 Å². The van der Waals surface area contributed by atoms with Gasteiger partial charge in [-0.2, -0.15) is 0 Å². The first-order valence-electron chi connectivity index (χ1n) is 6.55. The number of carbonyl (C=O) groups excluding carboxylic acids is 1. The molecule has 0 spiro atoms. The summed E-state index contributed by atoms with van der Waals surface area (Å²) in [6.45, 7) is 5.02. The summed E-state index contributed by atoms with van der Waals surface area (Å²) >= 11 is 0. The molecule has 1 rings (SSSR count). The molecule has 1 aliphatic rings. The number of carbonyl (C=O) groups is 1. The van der Waals surface area contributed by atoms with Crippen LogP contribution >= 0.6 is 0 Å². The average Bonchev–Trinajstić information content (AvgIpc) is 2.30. The Hall–Kier alpha value is -0.570. The molecule has 16 heavy (non-hydrogen) atoms. The maximum Gasteiger partial charge on any atom is 0.308 e. The highest BCUT2D eigenvalue weighted by molar-refractivity contribution is 5.69. The lowest BCUT2D eigenvalue weighted by Gasteiger charge is -2.30. The van der Waals surface area contributed by atoms with E-state index in [4.69, 9.17) is 9.47 Å². The summed E-state index contributed by atoms with van der Waals surface area (Å²) < 4.78 is 10.7. The molecule has 2 unspecified atom stereocenters. The first-order valence-corrected chi connectivity index (χ1v) is 6.55. The van der Waals surface area contributed by atoms with Gasteiger partial charge in [-0.3, -0.25) is 4.79 Å². The fraction of sp³-hybridized carbons (Fsp3) is 0.923. The minimum atomic E-state index is -0.147. The van der Waals surface area contributed by atoms with Crippen molar-refractivity contribution in [3.63, 3.8) is 0 Å². The second-order valence-electron chi connectivity index (χ2n) is 4.42. The standard InChI is InChI=1S/C13H24O3/c1-3-11-7-5-6-8-12(11)16-10-9-13(14)15-4-2/h11-12H,3-10H2,1-2H3. The Balaban J connectivity index is 2.17. The van der Waals surface area contributed by atoms with Crippen LogP contribution in [0.5, 0.6) is 0 Å². The summed E-state index contributed by atoms with van der Waals surface area (Å²) in [6, 6.07) is 0. The topological polar surface area (TPSA) is 35.5 Å². The molecule has 0 aromatic rings. The molecule has 0 amide bonds. The minimum absolute atomic E-state index is 0.147. The molecule has 94 valence electrons. The van der Waals surface area contributed by atoms with Gasteiger partial charge >= 0.3 is 5.97 Å². The van der Waals surface area contributed by atoms with Crippen molar-refractivity contribution in [1.29, 1.82) is 0 Å². The molecule has 0 aromatic carbocycles. The predicted octanol–water partition coefficient (Wildman–Crippen LogP) is 2.93. The van der Waals surface area contributed by atoms with Crippen LogP contribution in [0.15, 0.2) is 0 Å². The molecule has 1 fully saturated rings. The van der Waals surface area contributed by atoms with Crippen molar-refractivity contribution >= 4 is 5.97 Å². The molecule has 0 aliphatic heterocycles. The van der Waals surface area contributed by atoms with Crippen LogP contribution in [0.2, 0.25) is 0 Å². The SMILES string of the molecule is CCOC(=O)CCOC1CCCCC1CC. The van der Waals surface area contributed by atoms with Crippen molar-refractivity contribution in [1.82, 2.24) is 0 Å². The van der Waals surface area contributed by atoms with Gasteiger partial charge in [-0.1, -0.05) is 26.2 Å². The number of hydrogen-bond donors (Lipinski definition) is 0. The van der Waals surface area contributed by atoms with Gasteiger partial charge in [0.05, 0.1) is 25.7 Å². The number of rotatable bonds is 6. The van der Waals surface area contributed by atoms with E-state index in [1.54, 1.807) is 0 Å². The average molecular weight is 228 g/mol. The second-order valence-corrected chi connectivity index (χ2v) is 4.42. The zero-order chi connectivity index (χ0) is 11.8. The third-order valence-corrected chi connectivity index (χ3v) is 3.31. The van der Waals surface area contributed by atoms with Gasteiger partial charge in [0.15, 0.2) is 0 Å². The van der Waals surface area contributed by atoms with Crippen LogP contribution in [-0.2, 0) is 14.3 Å². The summed E-state index contributed by atoms with van der Waals surface area (Å²) in [6.07, 6.45) is 6.97. The van der Waals surface area contributed by atoms with Crippen LogP contribution in [0.25, 0.3) is 0 Å². The molecule has 1 aliphatic carbocycles. The molecule has 0 N–H and O–H groups in total. The molecule has 1 saturated carbocycles. The van der Waals surface area contributed by atoms with Crippen molar-refractivity contribution in [3.05, 3.63) is 0 Å². The van der Waals surface area contributed by atoms with Crippen LogP contribution in [0.3, 0.4) is 0 Å². The lowest BCUT2D eigenvalue weighted by atomic mass is 9.85. The van der Waals surface area contributed by atoms with Gasteiger partial charge in [-0.25, -0.2) is 0 Å². The maximum absolute atomic E-state index is 11.1. The van der Waals surface area contributed by atoms with E-state index in [0.717, 1.165) is 6.42 Å². The van der Waals surface area contributed by atoms with Gasteiger partial charge in [-0.15, -0.1) is 0 Å². The fourth-order valence-electron chi connectivity index (χ4n) is 2.39. The van der Waals surface area contributed by atoms with E-state index in [1.165, 1.54) is 25.7 Å². The smallest absolute Gasteiger partial charge is 0.308 e. The zero-order valence-corrected chi connectivity index (χ0v) is 10.5. The Kier molecular flexibility index (Phi) is 6.46. The molecule has 0 saturated heterocycles. The molecule has 0 heterocycles. The quantitative estimate of drug-likeness (QED) is 0.656. The van der Waals surface area contributed by atoms with Crippen molar-refractivity contribution < 1.29 is 14.3 Å². The predicted molar refractivity (Wildman–Crippen MR) is 63.2 cm³/mol. The third kappa shape index (κ3) is 4.52. The molecule has 0 aromatic heterocycles. The molecule has 3 nitrogen and oxygen atoms in total. The number of esters is 1. The lowest BCUT2D eigenvalue weighted by molar-refractivity contribution is -0.145. The first kappa shape index (κ1) is 13.5. The number of ether oxygens (including phenoxy) is 2.